The number of carbonyl (C=O) groups excluding carboxylic acids is 2. The van der Waals surface area contributed by atoms with E-state index in [4.69, 9.17) is 14.6 Å². The van der Waals surface area contributed by atoms with Crippen molar-refractivity contribution in [2.45, 2.75) is 44.2 Å². The standard InChI is InChI=1S/C26H30N2O6/c1-17(25(31)28-13-10-18(11-14-28)33-15-12-24(29)30)27-26(32)34-16-23-21-8-4-2-6-19(21)20-7-3-5-9-22(20)23/h2-9,17-18,23H,10-16H2,1H3,(H,27,32)(H,29,30). The minimum atomic E-state index is -0.888. The molecule has 8 nitrogen and oxygen atoms in total. The van der Waals surface area contributed by atoms with Crippen LogP contribution in [0.5, 0.6) is 0 Å². The molecule has 1 aliphatic carbocycles. The van der Waals surface area contributed by atoms with Gasteiger partial charge in [-0.2, -0.15) is 0 Å². The van der Waals surface area contributed by atoms with Crippen LogP contribution in [0.4, 0.5) is 4.79 Å². The van der Waals surface area contributed by atoms with Gasteiger partial charge in [-0.25, -0.2) is 4.79 Å². The van der Waals surface area contributed by atoms with Crippen LogP contribution in [0.15, 0.2) is 48.5 Å². The second-order valence-corrected chi connectivity index (χ2v) is 8.73. The summed E-state index contributed by atoms with van der Waals surface area (Å²) in [6.07, 6.45) is 0.593. The molecule has 2 amide bonds. The number of hydrogen-bond acceptors (Lipinski definition) is 5. The van der Waals surface area contributed by atoms with Gasteiger partial charge in [0.25, 0.3) is 0 Å². The molecule has 4 rings (SSSR count). The third kappa shape index (κ3) is 5.39. The number of nitrogens with zero attached hydrogens (tertiary/aromatic N) is 1. The van der Waals surface area contributed by atoms with E-state index in [1.54, 1.807) is 11.8 Å². The van der Waals surface area contributed by atoms with Crippen molar-refractivity contribution in [2.75, 3.05) is 26.3 Å². The Morgan fingerprint density at radius 1 is 1.03 bits per heavy atom. The van der Waals surface area contributed by atoms with Crippen molar-refractivity contribution in [3.8, 4) is 11.1 Å². The Morgan fingerprint density at radius 2 is 1.62 bits per heavy atom. The highest BCUT2D eigenvalue weighted by Gasteiger charge is 2.30. The van der Waals surface area contributed by atoms with Gasteiger partial charge in [0.15, 0.2) is 0 Å². The van der Waals surface area contributed by atoms with Crippen LogP contribution in [0, 0.1) is 0 Å². The summed E-state index contributed by atoms with van der Waals surface area (Å²) in [5, 5.41) is 11.4. The molecule has 0 bridgehead atoms. The fourth-order valence-electron chi connectivity index (χ4n) is 4.71. The van der Waals surface area contributed by atoms with Crippen molar-refractivity contribution < 1.29 is 29.0 Å². The highest BCUT2D eigenvalue weighted by Crippen LogP contribution is 2.44. The van der Waals surface area contributed by atoms with Crippen LogP contribution in [0.2, 0.25) is 0 Å². The molecule has 1 atom stereocenters. The number of carboxylic acid groups (broad SMARTS) is 1. The van der Waals surface area contributed by atoms with E-state index < -0.39 is 18.1 Å². The molecule has 0 radical (unpaired) electrons. The van der Waals surface area contributed by atoms with E-state index in [-0.39, 0.29) is 37.6 Å². The molecule has 2 aromatic rings. The minimum absolute atomic E-state index is 0.0275. The number of piperidine rings is 1. The minimum Gasteiger partial charge on any atom is -0.481 e. The van der Waals surface area contributed by atoms with Gasteiger partial charge in [0.05, 0.1) is 19.1 Å². The molecule has 0 saturated carbocycles. The Morgan fingerprint density at radius 3 is 2.21 bits per heavy atom. The predicted molar refractivity (Wildman–Crippen MR) is 125 cm³/mol. The van der Waals surface area contributed by atoms with Crippen molar-refractivity contribution in [2.24, 2.45) is 0 Å². The lowest BCUT2D eigenvalue weighted by atomic mass is 9.98. The molecule has 2 aliphatic rings. The average molecular weight is 467 g/mol. The zero-order valence-corrected chi connectivity index (χ0v) is 19.2. The van der Waals surface area contributed by atoms with Gasteiger partial charge in [0.2, 0.25) is 5.91 Å². The molecule has 0 spiro atoms. The van der Waals surface area contributed by atoms with Crippen LogP contribution < -0.4 is 5.32 Å². The molecule has 180 valence electrons. The SMILES string of the molecule is CC(NC(=O)OCC1c2ccccc2-c2ccccc21)C(=O)N1CCC(OCCC(=O)O)CC1. The number of carboxylic acids is 1. The largest absolute Gasteiger partial charge is 0.481 e. The van der Waals surface area contributed by atoms with Gasteiger partial charge in [0, 0.05) is 19.0 Å². The molecule has 1 heterocycles. The molecule has 1 saturated heterocycles. The lowest BCUT2D eigenvalue weighted by Gasteiger charge is -2.33. The van der Waals surface area contributed by atoms with Gasteiger partial charge >= 0.3 is 12.1 Å². The predicted octanol–water partition coefficient (Wildman–Crippen LogP) is 3.40. The van der Waals surface area contributed by atoms with Crippen LogP contribution >= 0.6 is 0 Å². The Hall–Kier alpha value is -3.39. The van der Waals surface area contributed by atoms with E-state index in [1.807, 2.05) is 24.3 Å². The number of hydrogen-bond donors (Lipinski definition) is 2. The summed E-state index contributed by atoms with van der Waals surface area (Å²) < 4.78 is 11.1. The van der Waals surface area contributed by atoms with Crippen LogP contribution in [0.25, 0.3) is 11.1 Å². The van der Waals surface area contributed by atoms with Gasteiger partial charge in [-0.15, -0.1) is 0 Å². The topological polar surface area (TPSA) is 105 Å². The van der Waals surface area contributed by atoms with E-state index in [2.05, 4.69) is 29.6 Å². The van der Waals surface area contributed by atoms with E-state index in [0.717, 1.165) is 22.3 Å². The van der Waals surface area contributed by atoms with Gasteiger partial charge < -0.3 is 24.8 Å². The number of benzene rings is 2. The number of fused-ring (bicyclic) bond motifs is 3. The number of aliphatic carboxylic acids is 1. The maximum absolute atomic E-state index is 12.8. The smallest absolute Gasteiger partial charge is 0.407 e. The maximum Gasteiger partial charge on any atom is 0.407 e. The summed E-state index contributed by atoms with van der Waals surface area (Å²) in [5.41, 5.74) is 4.58. The second kappa shape index (κ2) is 10.7. The number of rotatable bonds is 8. The van der Waals surface area contributed by atoms with Gasteiger partial charge in [0.1, 0.15) is 12.6 Å². The number of amides is 2. The lowest BCUT2D eigenvalue weighted by Crippen LogP contribution is -2.50. The molecule has 2 aromatic carbocycles. The quantitative estimate of drug-likeness (QED) is 0.618. The highest BCUT2D eigenvalue weighted by atomic mass is 16.5. The molecular formula is C26H30N2O6. The molecule has 1 fully saturated rings. The number of ether oxygens (including phenoxy) is 2. The number of carbonyl (C=O) groups is 3. The van der Waals surface area contributed by atoms with Gasteiger partial charge in [-0.05, 0) is 42.0 Å². The van der Waals surface area contributed by atoms with Crippen molar-refractivity contribution in [3.05, 3.63) is 59.7 Å². The molecular weight excluding hydrogens is 436 g/mol. The van der Waals surface area contributed by atoms with Crippen LogP contribution in [0.3, 0.4) is 0 Å². The zero-order chi connectivity index (χ0) is 24.1. The Kier molecular flexibility index (Phi) is 7.47. The van der Waals surface area contributed by atoms with Crippen LogP contribution in [-0.2, 0) is 19.1 Å². The summed E-state index contributed by atoms with van der Waals surface area (Å²) >= 11 is 0. The van der Waals surface area contributed by atoms with E-state index in [0.29, 0.717) is 25.9 Å². The first kappa shape index (κ1) is 23.8. The Bertz CT molecular complexity index is 1000. The van der Waals surface area contributed by atoms with Crippen molar-refractivity contribution in [1.82, 2.24) is 10.2 Å². The summed E-state index contributed by atoms with van der Waals surface area (Å²) in [6.45, 7) is 3.04. The molecule has 8 heteroatoms. The summed E-state index contributed by atoms with van der Waals surface area (Å²) in [5.74, 6) is -1.09. The van der Waals surface area contributed by atoms with Crippen molar-refractivity contribution in [3.63, 3.8) is 0 Å². The van der Waals surface area contributed by atoms with Gasteiger partial charge in [-0.1, -0.05) is 48.5 Å². The van der Waals surface area contributed by atoms with Gasteiger partial charge in [-0.3, -0.25) is 9.59 Å². The molecule has 1 aliphatic heterocycles. The third-order valence-electron chi connectivity index (χ3n) is 6.47. The summed E-state index contributed by atoms with van der Waals surface area (Å²) in [4.78, 5) is 37.5. The lowest BCUT2D eigenvalue weighted by molar-refractivity contribution is -0.139. The fraction of sp³-hybridized carbons (Fsp3) is 0.423. The van der Waals surface area contributed by atoms with E-state index in [9.17, 15) is 14.4 Å². The number of nitrogens with one attached hydrogen (secondary N) is 1. The van der Waals surface area contributed by atoms with Crippen LogP contribution in [0.1, 0.15) is 43.2 Å². The molecule has 1 unspecified atom stereocenters. The first-order valence-corrected chi connectivity index (χ1v) is 11.7. The van der Waals surface area contributed by atoms with E-state index >= 15 is 0 Å². The molecule has 0 aromatic heterocycles. The first-order chi connectivity index (χ1) is 16.4. The molecule has 2 N–H and O–H groups in total. The fourth-order valence-corrected chi connectivity index (χ4v) is 4.71. The third-order valence-corrected chi connectivity index (χ3v) is 6.47. The average Bonchev–Trinajstić information content (AvgIpc) is 3.16. The van der Waals surface area contributed by atoms with E-state index in [1.165, 1.54) is 0 Å². The maximum atomic E-state index is 12.8. The summed E-state index contributed by atoms with van der Waals surface area (Å²) in [6, 6.07) is 15.5. The normalized spacial score (nSPS) is 16.4. The Labute approximate surface area is 198 Å². The molecule has 34 heavy (non-hydrogen) atoms. The van der Waals surface area contributed by atoms with Crippen molar-refractivity contribution >= 4 is 18.0 Å². The second-order valence-electron chi connectivity index (χ2n) is 8.73. The highest BCUT2D eigenvalue weighted by molar-refractivity contribution is 5.85. The number of alkyl carbamates (subject to hydrolysis) is 1. The van der Waals surface area contributed by atoms with Crippen LogP contribution in [-0.4, -0.2) is 66.4 Å². The van der Waals surface area contributed by atoms with Crippen molar-refractivity contribution in [1.29, 1.82) is 0 Å². The monoisotopic (exact) mass is 466 g/mol. The zero-order valence-electron chi connectivity index (χ0n) is 19.2. The Balaban J connectivity index is 1.25. The number of likely N-dealkylation sites (tertiary alicyclic amines) is 1. The first-order valence-electron chi connectivity index (χ1n) is 11.7. The summed E-state index contributed by atoms with van der Waals surface area (Å²) in [7, 11) is 0.